The van der Waals surface area contributed by atoms with Crippen LogP contribution in [0.5, 0.6) is 5.75 Å². The summed E-state index contributed by atoms with van der Waals surface area (Å²) in [7, 11) is 0. The third-order valence-corrected chi connectivity index (χ3v) is 4.59. The van der Waals surface area contributed by atoms with Gasteiger partial charge in [-0.1, -0.05) is 30.3 Å². The number of rotatable bonds is 6. The van der Waals surface area contributed by atoms with Crippen molar-refractivity contribution >= 4 is 12.5 Å². The van der Waals surface area contributed by atoms with Gasteiger partial charge in [-0.3, -0.25) is 9.69 Å². The average molecular weight is 417 g/mol. The summed E-state index contributed by atoms with van der Waals surface area (Å²) >= 11 is 0. The monoisotopic (exact) mass is 417 g/mol. The molecule has 162 valence electrons. The number of carboxylic acid groups (broad SMARTS) is 1. The van der Waals surface area contributed by atoms with Crippen LogP contribution in [0.1, 0.15) is 12.0 Å². The number of urea groups is 1. The fourth-order valence-electron chi connectivity index (χ4n) is 3.14. The van der Waals surface area contributed by atoms with Crippen molar-refractivity contribution < 1.29 is 23.8 Å². The molecule has 30 heavy (non-hydrogen) atoms. The van der Waals surface area contributed by atoms with E-state index in [4.69, 9.17) is 14.6 Å². The highest BCUT2D eigenvalue weighted by molar-refractivity contribution is 5.74. The van der Waals surface area contributed by atoms with E-state index in [0.29, 0.717) is 19.7 Å². The minimum atomic E-state index is -0.250. The van der Waals surface area contributed by atoms with Crippen molar-refractivity contribution in [2.24, 2.45) is 0 Å². The van der Waals surface area contributed by atoms with E-state index < -0.39 is 0 Å². The van der Waals surface area contributed by atoms with Crippen LogP contribution in [0.4, 0.5) is 9.18 Å². The summed E-state index contributed by atoms with van der Waals surface area (Å²) in [5, 5.41) is 9.81. The summed E-state index contributed by atoms with van der Waals surface area (Å²) in [6.07, 6.45) is 0.926. The topological polar surface area (TPSA) is 82.1 Å². The van der Waals surface area contributed by atoms with E-state index in [-0.39, 0.29) is 18.3 Å². The van der Waals surface area contributed by atoms with Gasteiger partial charge >= 0.3 is 6.03 Å². The lowest BCUT2D eigenvalue weighted by molar-refractivity contribution is -0.122. The second kappa shape index (κ2) is 13.2. The Labute approximate surface area is 176 Å². The minimum absolute atomic E-state index is 0.0460. The summed E-state index contributed by atoms with van der Waals surface area (Å²) < 4.78 is 18.6. The Morgan fingerprint density at radius 2 is 1.77 bits per heavy atom. The Bertz CT molecular complexity index is 759. The molecule has 0 aromatic heterocycles. The fraction of sp³-hybridized carbons (Fsp3) is 0.364. The van der Waals surface area contributed by atoms with Gasteiger partial charge in [0.25, 0.3) is 6.47 Å². The first-order chi connectivity index (χ1) is 14.6. The molecule has 0 saturated carbocycles. The highest BCUT2D eigenvalue weighted by Gasteiger charge is 2.18. The molecule has 1 saturated heterocycles. The Morgan fingerprint density at radius 3 is 2.47 bits per heavy atom. The van der Waals surface area contributed by atoms with Crippen LogP contribution in [0.25, 0.3) is 0 Å². The van der Waals surface area contributed by atoms with Crippen molar-refractivity contribution in [3.05, 3.63) is 66.0 Å². The number of hydrogen-bond acceptors (Lipinski definition) is 4. The molecule has 1 heterocycles. The normalized spacial score (nSPS) is 14.1. The van der Waals surface area contributed by atoms with Crippen LogP contribution in [-0.2, 0) is 11.3 Å². The van der Waals surface area contributed by atoms with Crippen LogP contribution in [0, 0.1) is 5.82 Å². The Balaban J connectivity index is 0.00000101. The van der Waals surface area contributed by atoms with E-state index in [9.17, 15) is 9.18 Å². The molecule has 1 aliphatic heterocycles. The number of nitrogens with zero attached hydrogens (tertiary/aromatic N) is 2. The van der Waals surface area contributed by atoms with Gasteiger partial charge < -0.3 is 20.1 Å². The number of halogens is 1. The van der Waals surface area contributed by atoms with E-state index in [1.807, 2.05) is 47.4 Å². The van der Waals surface area contributed by atoms with Gasteiger partial charge in [0.1, 0.15) is 18.2 Å². The molecule has 2 aromatic rings. The third kappa shape index (κ3) is 8.48. The van der Waals surface area contributed by atoms with E-state index in [1.165, 1.54) is 12.1 Å². The fourth-order valence-corrected chi connectivity index (χ4v) is 3.14. The van der Waals surface area contributed by atoms with Crippen molar-refractivity contribution in [1.82, 2.24) is 15.1 Å². The zero-order valence-corrected chi connectivity index (χ0v) is 16.9. The maximum atomic E-state index is 13.0. The second-order valence-corrected chi connectivity index (χ2v) is 6.74. The van der Waals surface area contributed by atoms with Crippen molar-refractivity contribution in [2.45, 2.75) is 13.0 Å². The molecule has 2 amide bonds. The predicted molar refractivity (Wildman–Crippen MR) is 112 cm³/mol. The summed E-state index contributed by atoms with van der Waals surface area (Å²) in [6.45, 7) is 4.62. The van der Waals surface area contributed by atoms with E-state index in [1.54, 1.807) is 0 Å². The third-order valence-electron chi connectivity index (χ3n) is 4.59. The molecule has 0 radical (unpaired) electrons. The summed E-state index contributed by atoms with van der Waals surface area (Å²) in [5.41, 5.74) is 1.09. The molecule has 7 nitrogen and oxygen atoms in total. The Kier molecular flexibility index (Phi) is 10.2. The molecule has 1 aliphatic rings. The molecular weight excluding hydrogens is 389 g/mol. The number of ether oxygens (including phenoxy) is 1. The molecular formula is C22H28FN3O4. The first-order valence-corrected chi connectivity index (χ1v) is 9.87. The number of carbonyl (C=O) groups excluding carboxylic acids is 1. The number of carbonyl (C=O) groups is 2. The highest BCUT2D eigenvalue weighted by atomic mass is 19.1. The van der Waals surface area contributed by atoms with Crippen LogP contribution in [0.2, 0.25) is 0 Å². The van der Waals surface area contributed by atoms with Crippen LogP contribution in [0.3, 0.4) is 0 Å². The molecule has 0 bridgehead atoms. The van der Waals surface area contributed by atoms with E-state index in [0.717, 1.165) is 43.9 Å². The molecule has 1 fully saturated rings. The number of hydrogen-bond donors (Lipinski definition) is 2. The van der Waals surface area contributed by atoms with Crippen molar-refractivity contribution in [2.75, 3.05) is 39.3 Å². The van der Waals surface area contributed by atoms with Crippen LogP contribution < -0.4 is 10.1 Å². The SMILES string of the molecule is O=C(NCCOc1ccccc1)N1CCCN(Cc2ccc(F)cc2)CC1.O=CO. The molecule has 0 unspecified atom stereocenters. The molecule has 0 spiro atoms. The predicted octanol–water partition coefficient (Wildman–Crippen LogP) is 2.82. The van der Waals surface area contributed by atoms with Crippen LogP contribution in [0.15, 0.2) is 54.6 Å². The molecule has 2 aromatic carbocycles. The largest absolute Gasteiger partial charge is 0.492 e. The number of benzene rings is 2. The average Bonchev–Trinajstić information content (AvgIpc) is 3.00. The molecule has 0 atom stereocenters. The number of amides is 2. The zero-order chi connectivity index (χ0) is 21.6. The zero-order valence-electron chi connectivity index (χ0n) is 16.9. The minimum Gasteiger partial charge on any atom is -0.492 e. The van der Waals surface area contributed by atoms with Gasteiger partial charge in [-0.05, 0) is 36.2 Å². The highest BCUT2D eigenvalue weighted by Crippen LogP contribution is 2.10. The lowest BCUT2D eigenvalue weighted by Gasteiger charge is -2.22. The smallest absolute Gasteiger partial charge is 0.317 e. The van der Waals surface area contributed by atoms with E-state index in [2.05, 4.69) is 10.2 Å². The molecule has 3 rings (SSSR count). The van der Waals surface area contributed by atoms with Crippen molar-refractivity contribution in [3.8, 4) is 5.75 Å². The summed E-state index contributed by atoms with van der Waals surface area (Å²) in [5.74, 6) is 0.590. The van der Waals surface area contributed by atoms with Gasteiger partial charge in [-0.2, -0.15) is 0 Å². The second-order valence-electron chi connectivity index (χ2n) is 6.74. The number of nitrogens with one attached hydrogen (secondary N) is 1. The Morgan fingerprint density at radius 1 is 1.07 bits per heavy atom. The first-order valence-electron chi connectivity index (χ1n) is 9.87. The molecule has 2 N–H and O–H groups in total. The quantitative estimate of drug-likeness (QED) is 0.558. The summed E-state index contributed by atoms with van der Waals surface area (Å²) in [6, 6.07) is 16.1. The lowest BCUT2D eigenvalue weighted by atomic mass is 10.2. The van der Waals surface area contributed by atoms with Gasteiger partial charge in [0.05, 0.1) is 6.54 Å². The van der Waals surface area contributed by atoms with Crippen molar-refractivity contribution in [3.63, 3.8) is 0 Å². The van der Waals surface area contributed by atoms with Gasteiger partial charge in [-0.15, -0.1) is 0 Å². The maximum Gasteiger partial charge on any atom is 0.317 e. The van der Waals surface area contributed by atoms with Gasteiger partial charge in [0, 0.05) is 32.7 Å². The van der Waals surface area contributed by atoms with Crippen LogP contribution in [-0.4, -0.2) is 66.7 Å². The lowest BCUT2D eigenvalue weighted by Crippen LogP contribution is -2.43. The van der Waals surface area contributed by atoms with Gasteiger partial charge in [0.15, 0.2) is 0 Å². The van der Waals surface area contributed by atoms with Crippen molar-refractivity contribution in [1.29, 1.82) is 0 Å². The molecule has 0 aliphatic carbocycles. The summed E-state index contributed by atoms with van der Waals surface area (Å²) in [4.78, 5) is 24.9. The maximum absolute atomic E-state index is 13.0. The molecule has 8 heteroatoms. The first kappa shape index (κ1) is 23.2. The Hall–Kier alpha value is -3.13. The standard InChI is InChI=1S/C21H26FN3O2.CH2O2/c22-19-9-7-18(8-10-19)17-24-12-4-13-25(15-14-24)21(26)23-11-16-27-20-5-2-1-3-6-20;2-1-3/h1-3,5-10H,4,11-17H2,(H,23,26);1H,(H,2,3). The van der Waals surface area contributed by atoms with Gasteiger partial charge in [0.2, 0.25) is 0 Å². The number of para-hydroxylation sites is 1. The van der Waals surface area contributed by atoms with E-state index >= 15 is 0 Å². The van der Waals surface area contributed by atoms with Crippen LogP contribution >= 0.6 is 0 Å². The van der Waals surface area contributed by atoms with Gasteiger partial charge in [-0.25, -0.2) is 9.18 Å².